The molecule has 1 aromatic rings. The van der Waals surface area contributed by atoms with Crippen LogP contribution in [-0.4, -0.2) is 34.4 Å². The van der Waals surface area contributed by atoms with Gasteiger partial charge >= 0.3 is 5.97 Å². The van der Waals surface area contributed by atoms with Crippen LogP contribution in [0.15, 0.2) is 4.52 Å². The van der Waals surface area contributed by atoms with Crippen LogP contribution in [0, 0.1) is 11.3 Å². The van der Waals surface area contributed by atoms with Crippen molar-refractivity contribution in [3.8, 4) is 0 Å². The second-order valence-corrected chi connectivity index (χ2v) is 6.01. The standard InChI is InChI=1S/C14H20N2O4/c17-13(18)14(4-1-2-5-14)8-12-15-11(16-20-12)7-10-3-6-19-9-10/h10H,1-9H2,(H,17,18). The van der Waals surface area contributed by atoms with Gasteiger partial charge in [-0.1, -0.05) is 18.0 Å². The maximum atomic E-state index is 11.5. The second kappa shape index (κ2) is 5.52. The first kappa shape index (κ1) is 13.5. The molecule has 0 spiro atoms. The van der Waals surface area contributed by atoms with Crippen molar-refractivity contribution >= 4 is 5.97 Å². The predicted molar refractivity (Wildman–Crippen MR) is 69.2 cm³/mol. The van der Waals surface area contributed by atoms with Crippen molar-refractivity contribution in [1.29, 1.82) is 0 Å². The van der Waals surface area contributed by atoms with Crippen molar-refractivity contribution in [1.82, 2.24) is 10.1 Å². The highest BCUT2D eigenvalue weighted by atomic mass is 16.5. The maximum Gasteiger partial charge on any atom is 0.310 e. The molecule has 1 atom stereocenters. The van der Waals surface area contributed by atoms with Gasteiger partial charge in [0.1, 0.15) is 0 Å². The summed E-state index contributed by atoms with van der Waals surface area (Å²) in [5, 5.41) is 13.4. The minimum Gasteiger partial charge on any atom is -0.481 e. The first-order valence-corrected chi connectivity index (χ1v) is 7.31. The average Bonchev–Trinajstić information content (AvgIpc) is 3.13. The Hall–Kier alpha value is -1.43. The van der Waals surface area contributed by atoms with E-state index in [1.807, 2.05) is 0 Å². The SMILES string of the molecule is O=C(O)C1(Cc2nc(CC3CCOC3)no2)CCCC1. The summed E-state index contributed by atoms with van der Waals surface area (Å²) in [6.07, 6.45) is 5.48. The third-order valence-electron chi connectivity index (χ3n) is 4.51. The highest BCUT2D eigenvalue weighted by Gasteiger charge is 2.42. The van der Waals surface area contributed by atoms with Gasteiger partial charge in [0.25, 0.3) is 0 Å². The minimum absolute atomic E-state index is 0.358. The number of aromatic nitrogens is 2. The van der Waals surface area contributed by atoms with Crippen LogP contribution in [0.3, 0.4) is 0 Å². The van der Waals surface area contributed by atoms with Crippen LogP contribution in [0.25, 0.3) is 0 Å². The fourth-order valence-electron chi connectivity index (χ4n) is 3.25. The van der Waals surface area contributed by atoms with Crippen molar-refractivity contribution in [3.63, 3.8) is 0 Å². The largest absolute Gasteiger partial charge is 0.481 e. The van der Waals surface area contributed by atoms with Gasteiger partial charge in [-0.15, -0.1) is 0 Å². The highest BCUT2D eigenvalue weighted by Crippen LogP contribution is 2.41. The molecule has 2 fully saturated rings. The number of carboxylic acid groups (broad SMARTS) is 1. The molecule has 110 valence electrons. The quantitative estimate of drug-likeness (QED) is 0.885. The fourth-order valence-corrected chi connectivity index (χ4v) is 3.25. The normalized spacial score (nSPS) is 25.1. The van der Waals surface area contributed by atoms with Gasteiger partial charge in [0.2, 0.25) is 5.89 Å². The van der Waals surface area contributed by atoms with Crippen molar-refractivity contribution in [2.24, 2.45) is 11.3 Å². The molecule has 1 N–H and O–H groups in total. The van der Waals surface area contributed by atoms with E-state index in [1.54, 1.807) is 0 Å². The van der Waals surface area contributed by atoms with Crippen LogP contribution in [0.2, 0.25) is 0 Å². The van der Waals surface area contributed by atoms with Gasteiger partial charge in [0.15, 0.2) is 5.82 Å². The number of nitrogens with zero attached hydrogens (tertiary/aromatic N) is 2. The molecular formula is C14H20N2O4. The van der Waals surface area contributed by atoms with Gasteiger partial charge in [0, 0.05) is 26.1 Å². The van der Waals surface area contributed by atoms with E-state index in [2.05, 4.69) is 10.1 Å². The number of rotatable bonds is 5. The first-order valence-electron chi connectivity index (χ1n) is 7.31. The third kappa shape index (κ3) is 2.70. The van der Waals surface area contributed by atoms with Crippen LogP contribution in [-0.2, 0) is 22.4 Å². The number of aliphatic carboxylic acids is 1. The Kier molecular flexibility index (Phi) is 3.74. The monoisotopic (exact) mass is 280 g/mol. The number of carboxylic acids is 1. The second-order valence-electron chi connectivity index (χ2n) is 6.01. The molecule has 0 amide bonds. The number of ether oxygens (including phenoxy) is 1. The van der Waals surface area contributed by atoms with Crippen molar-refractivity contribution in [2.45, 2.75) is 44.9 Å². The van der Waals surface area contributed by atoms with Gasteiger partial charge in [-0.25, -0.2) is 0 Å². The topological polar surface area (TPSA) is 85.5 Å². The molecule has 20 heavy (non-hydrogen) atoms. The maximum absolute atomic E-state index is 11.5. The molecule has 6 nitrogen and oxygen atoms in total. The Labute approximate surface area is 117 Å². The lowest BCUT2D eigenvalue weighted by atomic mass is 9.83. The Balaban J connectivity index is 1.65. The Bertz CT molecular complexity index is 473. The molecule has 1 unspecified atom stereocenters. The summed E-state index contributed by atoms with van der Waals surface area (Å²) in [4.78, 5) is 15.9. The number of hydrogen-bond acceptors (Lipinski definition) is 5. The minimum atomic E-state index is -0.737. The molecule has 2 aliphatic rings. The molecule has 1 saturated heterocycles. The van der Waals surface area contributed by atoms with Crippen molar-refractivity contribution < 1.29 is 19.2 Å². The molecule has 0 radical (unpaired) electrons. The molecule has 1 aromatic heterocycles. The smallest absolute Gasteiger partial charge is 0.310 e. The highest BCUT2D eigenvalue weighted by molar-refractivity contribution is 5.75. The lowest BCUT2D eigenvalue weighted by Crippen LogP contribution is -2.30. The van der Waals surface area contributed by atoms with E-state index in [9.17, 15) is 9.90 Å². The molecule has 0 bridgehead atoms. The molecule has 2 heterocycles. The van der Waals surface area contributed by atoms with Crippen LogP contribution in [0.4, 0.5) is 0 Å². The summed E-state index contributed by atoms with van der Waals surface area (Å²) in [6, 6.07) is 0. The summed E-state index contributed by atoms with van der Waals surface area (Å²) < 4.78 is 10.6. The van der Waals surface area contributed by atoms with Crippen LogP contribution < -0.4 is 0 Å². The molecule has 3 rings (SSSR count). The van der Waals surface area contributed by atoms with E-state index >= 15 is 0 Å². The first-order chi connectivity index (χ1) is 9.68. The van der Waals surface area contributed by atoms with Crippen LogP contribution in [0.5, 0.6) is 0 Å². The predicted octanol–water partition coefficient (Wildman–Crippen LogP) is 1.84. The lowest BCUT2D eigenvalue weighted by Gasteiger charge is -2.21. The number of hydrogen-bond donors (Lipinski definition) is 1. The van der Waals surface area contributed by atoms with E-state index in [-0.39, 0.29) is 0 Å². The van der Waals surface area contributed by atoms with Gasteiger partial charge < -0.3 is 14.4 Å². The lowest BCUT2D eigenvalue weighted by molar-refractivity contribution is -0.148. The van der Waals surface area contributed by atoms with Crippen LogP contribution >= 0.6 is 0 Å². The van der Waals surface area contributed by atoms with E-state index in [4.69, 9.17) is 9.26 Å². The third-order valence-corrected chi connectivity index (χ3v) is 4.51. The summed E-state index contributed by atoms with van der Waals surface area (Å²) in [5.74, 6) is 0.858. The Morgan fingerprint density at radius 2 is 2.20 bits per heavy atom. The number of carbonyl (C=O) groups is 1. The van der Waals surface area contributed by atoms with E-state index in [0.29, 0.717) is 36.9 Å². The molecule has 0 aromatic carbocycles. The van der Waals surface area contributed by atoms with E-state index in [0.717, 1.165) is 38.9 Å². The van der Waals surface area contributed by atoms with Gasteiger partial charge in [-0.2, -0.15) is 4.98 Å². The van der Waals surface area contributed by atoms with Gasteiger partial charge in [-0.3, -0.25) is 4.79 Å². The summed E-state index contributed by atoms with van der Waals surface area (Å²) in [7, 11) is 0. The average molecular weight is 280 g/mol. The molecular weight excluding hydrogens is 260 g/mol. The van der Waals surface area contributed by atoms with Gasteiger partial charge in [-0.05, 0) is 25.2 Å². The van der Waals surface area contributed by atoms with Crippen LogP contribution in [0.1, 0.15) is 43.8 Å². The summed E-state index contributed by atoms with van der Waals surface area (Å²) in [6.45, 7) is 1.56. The van der Waals surface area contributed by atoms with E-state index < -0.39 is 11.4 Å². The molecule has 1 aliphatic carbocycles. The zero-order chi connectivity index (χ0) is 14.0. The molecule has 1 saturated carbocycles. The fraction of sp³-hybridized carbons (Fsp3) is 0.786. The Morgan fingerprint density at radius 1 is 1.40 bits per heavy atom. The van der Waals surface area contributed by atoms with Crippen molar-refractivity contribution in [3.05, 3.63) is 11.7 Å². The van der Waals surface area contributed by atoms with Gasteiger partial charge in [0.05, 0.1) is 5.41 Å². The molecule has 1 aliphatic heterocycles. The summed E-state index contributed by atoms with van der Waals surface area (Å²) >= 11 is 0. The Morgan fingerprint density at radius 3 is 2.85 bits per heavy atom. The molecule has 6 heteroatoms. The zero-order valence-corrected chi connectivity index (χ0v) is 11.5. The van der Waals surface area contributed by atoms with E-state index in [1.165, 1.54) is 0 Å². The zero-order valence-electron chi connectivity index (χ0n) is 11.5. The van der Waals surface area contributed by atoms with Crippen molar-refractivity contribution in [2.75, 3.05) is 13.2 Å². The summed E-state index contributed by atoms with van der Waals surface area (Å²) in [5.41, 5.74) is -0.694.